The molecule has 0 N–H and O–H groups in total. The molecule has 0 fully saturated rings. The number of benzene rings is 4. The third-order valence-electron chi connectivity index (χ3n) is 5.11. The number of fused-ring (bicyclic) bond motifs is 1. The molecule has 5 aromatic rings. The Morgan fingerprint density at radius 2 is 1.50 bits per heavy atom. The predicted octanol–water partition coefficient (Wildman–Crippen LogP) is 7.12. The number of nitrogens with zero attached hydrogens (tertiary/aromatic N) is 2. The quantitative estimate of drug-likeness (QED) is 0.254. The van der Waals surface area contributed by atoms with Crippen LogP contribution in [0.3, 0.4) is 0 Å². The fraction of sp³-hybridized carbons (Fsp3) is 0.0741. The van der Waals surface area contributed by atoms with Gasteiger partial charge in [0.1, 0.15) is 17.2 Å². The number of imidazole rings is 1. The zero-order valence-corrected chi connectivity index (χ0v) is 18.5. The number of hydrogen-bond donors (Lipinski definition) is 0. The maximum atomic E-state index is 5.99. The van der Waals surface area contributed by atoms with Crippen LogP contribution in [0.4, 0.5) is 0 Å². The van der Waals surface area contributed by atoms with Gasteiger partial charge in [-0.15, -0.1) is 0 Å². The number of methoxy groups -OCH3 is 1. The third kappa shape index (κ3) is 4.34. The molecule has 5 heteroatoms. The second-order valence-electron chi connectivity index (χ2n) is 7.27. The summed E-state index contributed by atoms with van der Waals surface area (Å²) in [5.74, 6) is 3.28. The lowest BCUT2D eigenvalue weighted by atomic mass is 10.2. The molecule has 4 nitrogen and oxygen atoms in total. The van der Waals surface area contributed by atoms with Gasteiger partial charge < -0.3 is 9.47 Å². The Balaban J connectivity index is 1.41. The first-order valence-electron chi connectivity index (χ1n) is 10.4. The molecule has 0 unspecified atom stereocenters. The van der Waals surface area contributed by atoms with Crippen LogP contribution in [0.5, 0.6) is 17.2 Å². The molecular formula is C27H22N2O2S. The maximum absolute atomic E-state index is 5.99. The number of hydrogen-bond acceptors (Lipinski definition) is 4. The lowest BCUT2D eigenvalue weighted by molar-refractivity contribution is 0.414. The summed E-state index contributed by atoms with van der Waals surface area (Å²) in [4.78, 5) is 4.90. The Labute approximate surface area is 191 Å². The molecule has 4 aromatic carbocycles. The Kier molecular flexibility index (Phi) is 5.81. The third-order valence-corrected chi connectivity index (χ3v) is 6.12. The number of rotatable bonds is 7. The van der Waals surface area contributed by atoms with E-state index < -0.39 is 0 Å². The Morgan fingerprint density at radius 3 is 2.31 bits per heavy atom. The Morgan fingerprint density at radius 1 is 0.750 bits per heavy atom. The van der Waals surface area contributed by atoms with Crippen molar-refractivity contribution in [2.75, 3.05) is 7.11 Å². The van der Waals surface area contributed by atoms with Gasteiger partial charge in [0.2, 0.25) is 0 Å². The van der Waals surface area contributed by atoms with Gasteiger partial charge in [-0.1, -0.05) is 54.2 Å². The van der Waals surface area contributed by atoms with E-state index in [0.29, 0.717) is 0 Å². The summed E-state index contributed by atoms with van der Waals surface area (Å²) in [5.41, 5.74) is 4.30. The van der Waals surface area contributed by atoms with Gasteiger partial charge in [-0.2, -0.15) is 0 Å². The molecule has 0 spiro atoms. The summed E-state index contributed by atoms with van der Waals surface area (Å²) in [7, 11) is 1.68. The van der Waals surface area contributed by atoms with Crippen molar-refractivity contribution in [3.8, 4) is 22.9 Å². The lowest BCUT2D eigenvalue weighted by Crippen LogP contribution is -1.97. The Bertz CT molecular complexity index is 1330. The van der Waals surface area contributed by atoms with Crippen molar-refractivity contribution < 1.29 is 9.47 Å². The van der Waals surface area contributed by atoms with E-state index in [1.807, 2.05) is 72.8 Å². The molecule has 0 bridgehead atoms. The van der Waals surface area contributed by atoms with Crippen molar-refractivity contribution in [3.63, 3.8) is 0 Å². The van der Waals surface area contributed by atoms with Gasteiger partial charge in [0.25, 0.3) is 0 Å². The lowest BCUT2D eigenvalue weighted by Gasteiger charge is -2.11. The summed E-state index contributed by atoms with van der Waals surface area (Å²) in [6, 6.07) is 34.3. The van der Waals surface area contributed by atoms with Gasteiger partial charge >= 0.3 is 0 Å². The fourth-order valence-electron chi connectivity index (χ4n) is 3.55. The normalized spacial score (nSPS) is 10.9. The van der Waals surface area contributed by atoms with Crippen molar-refractivity contribution in [1.82, 2.24) is 9.55 Å². The van der Waals surface area contributed by atoms with Gasteiger partial charge in [0.05, 0.1) is 18.1 Å². The molecular weight excluding hydrogens is 416 g/mol. The standard InChI is InChI=1S/C27H22N2O2S/c1-30-22-16-14-21(15-17-22)29-26-13-6-5-12-25(26)28-27(29)32-19-20-8-7-11-24(18-20)31-23-9-3-2-4-10-23/h2-18H,19H2,1H3. The average Bonchev–Trinajstić information content (AvgIpc) is 3.22. The minimum Gasteiger partial charge on any atom is -0.497 e. The van der Waals surface area contributed by atoms with E-state index in [-0.39, 0.29) is 0 Å². The van der Waals surface area contributed by atoms with Gasteiger partial charge in [0.15, 0.2) is 5.16 Å². The van der Waals surface area contributed by atoms with Crippen LogP contribution in [0.15, 0.2) is 108 Å². The van der Waals surface area contributed by atoms with Crippen LogP contribution in [-0.2, 0) is 5.75 Å². The first-order chi connectivity index (χ1) is 15.8. The molecule has 32 heavy (non-hydrogen) atoms. The number of ether oxygens (including phenoxy) is 2. The molecule has 0 amide bonds. The highest BCUT2D eigenvalue weighted by Gasteiger charge is 2.13. The summed E-state index contributed by atoms with van der Waals surface area (Å²) in [6.07, 6.45) is 0. The molecule has 0 aliphatic carbocycles. The van der Waals surface area contributed by atoms with Crippen molar-refractivity contribution in [1.29, 1.82) is 0 Å². The molecule has 0 saturated carbocycles. The van der Waals surface area contributed by atoms with Crippen molar-refractivity contribution in [2.24, 2.45) is 0 Å². The van der Waals surface area contributed by atoms with Gasteiger partial charge in [-0.25, -0.2) is 4.98 Å². The predicted molar refractivity (Wildman–Crippen MR) is 130 cm³/mol. The molecule has 1 aromatic heterocycles. The van der Waals surface area contributed by atoms with Crippen LogP contribution in [0.2, 0.25) is 0 Å². The molecule has 0 aliphatic heterocycles. The van der Waals surface area contributed by atoms with Crippen LogP contribution in [0, 0.1) is 0 Å². The molecule has 0 saturated heterocycles. The topological polar surface area (TPSA) is 36.3 Å². The van der Waals surface area contributed by atoms with E-state index >= 15 is 0 Å². The second kappa shape index (κ2) is 9.20. The zero-order valence-electron chi connectivity index (χ0n) is 17.6. The first-order valence-corrected chi connectivity index (χ1v) is 11.4. The largest absolute Gasteiger partial charge is 0.497 e. The molecule has 0 radical (unpaired) electrons. The maximum Gasteiger partial charge on any atom is 0.174 e. The molecule has 0 aliphatic rings. The zero-order chi connectivity index (χ0) is 21.8. The summed E-state index contributed by atoms with van der Waals surface area (Å²) in [5, 5.41) is 0.950. The van der Waals surface area contributed by atoms with Crippen LogP contribution in [0.1, 0.15) is 5.56 Å². The smallest absolute Gasteiger partial charge is 0.174 e. The summed E-state index contributed by atoms with van der Waals surface area (Å²) >= 11 is 1.71. The average molecular weight is 439 g/mol. The highest BCUT2D eigenvalue weighted by Crippen LogP contribution is 2.31. The van der Waals surface area contributed by atoms with Crippen molar-refractivity contribution in [2.45, 2.75) is 10.9 Å². The monoisotopic (exact) mass is 438 g/mol. The van der Waals surface area contributed by atoms with Gasteiger partial charge in [-0.05, 0) is 66.2 Å². The van der Waals surface area contributed by atoms with Crippen LogP contribution in [-0.4, -0.2) is 16.7 Å². The summed E-state index contributed by atoms with van der Waals surface area (Å²) in [6.45, 7) is 0. The highest BCUT2D eigenvalue weighted by molar-refractivity contribution is 7.98. The van der Waals surface area contributed by atoms with Crippen LogP contribution >= 0.6 is 11.8 Å². The van der Waals surface area contributed by atoms with E-state index in [0.717, 1.165) is 44.9 Å². The van der Waals surface area contributed by atoms with Gasteiger partial charge in [0, 0.05) is 11.4 Å². The summed E-state index contributed by atoms with van der Waals surface area (Å²) < 4.78 is 13.5. The second-order valence-corrected chi connectivity index (χ2v) is 8.21. The van der Waals surface area contributed by atoms with E-state index in [4.69, 9.17) is 14.5 Å². The van der Waals surface area contributed by atoms with E-state index in [1.54, 1.807) is 18.9 Å². The number of thioether (sulfide) groups is 1. The van der Waals surface area contributed by atoms with Crippen LogP contribution < -0.4 is 9.47 Å². The highest BCUT2D eigenvalue weighted by atomic mass is 32.2. The Hall–Kier alpha value is -3.70. The first kappa shape index (κ1) is 20.2. The van der Waals surface area contributed by atoms with E-state index in [2.05, 4.69) is 34.9 Å². The van der Waals surface area contributed by atoms with E-state index in [9.17, 15) is 0 Å². The SMILES string of the molecule is COc1ccc(-n2c(SCc3cccc(Oc4ccccc4)c3)nc3ccccc32)cc1. The van der Waals surface area contributed by atoms with E-state index in [1.165, 1.54) is 5.56 Å². The molecule has 5 rings (SSSR count). The molecule has 158 valence electrons. The minimum absolute atomic E-state index is 0.783. The van der Waals surface area contributed by atoms with Crippen LogP contribution in [0.25, 0.3) is 16.7 Å². The van der Waals surface area contributed by atoms with Crippen molar-refractivity contribution >= 4 is 22.8 Å². The molecule has 0 atom stereocenters. The van der Waals surface area contributed by atoms with Gasteiger partial charge in [-0.3, -0.25) is 4.57 Å². The fourth-order valence-corrected chi connectivity index (χ4v) is 4.52. The van der Waals surface area contributed by atoms with Crippen molar-refractivity contribution in [3.05, 3.63) is 109 Å². The number of para-hydroxylation sites is 3. The molecule has 1 heterocycles. The minimum atomic E-state index is 0.783. The number of aromatic nitrogens is 2.